The lowest BCUT2D eigenvalue weighted by Gasteiger charge is -2.32. The van der Waals surface area contributed by atoms with Gasteiger partial charge in [0.2, 0.25) is 5.91 Å². The van der Waals surface area contributed by atoms with Crippen LogP contribution in [0.5, 0.6) is 0 Å². The Labute approximate surface area is 144 Å². The van der Waals surface area contributed by atoms with Gasteiger partial charge in [-0.2, -0.15) is 0 Å². The minimum absolute atomic E-state index is 0. The van der Waals surface area contributed by atoms with Crippen LogP contribution in [-0.4, -0.2) is 49.4 Å². The van der Waals surface area contributed by atoms with E-state index in [0.29, 0.717) is 19.5 Å². The van der Waals surface area contributed by atoms with Gasteiger partial charge in [0.15, 0.2) is 0 Å². The zero-order valence-corrected chi connectivity index (χ0v) is 14.4. The van der Waals surface area contributed by atoms with E-state index in [1.807, 2.05) is 42.3 Å². The summed E-state index contributed by atoms with van der Waals surface area (Å²) >= 11 is 0. The van der Waals surface area contributed by atoms with Gasteiger partial charge in [0.25, 0.3) is 5.91 Å². The molecular formula is C17H26ClN3O2. The normalized spacial score (nSPS) is 14.9. The van der Waals surface area contributed by atoms with E-state index in [1.54, 1.807) is 0 Å². The molecule has 0 spiro atoms. The molecule has 2 N–H and O–H groups in total. The third kappa shape index (κ3) is 6.20. The van der Waals surface area contributed by atoms with Gasteiger partial charge in [0, 0.05) is 31.1 Å². The number of piperidine rings is 1. The predicted octanol–water partition coefficient (Wildman–Crippen LogP) is 1.83. The first kappa shape index (κ1) is 19.5. The van der Waals surface area contributed by atoms with Crippen molar-refractivity contribution < 1.29 is 9.59 Å². The van der Waals surface area contributed by atoms with Crippen molar-refractivity contribution in [3.05, 3.63) is 35.9 Å². The summed E-state index contributed by atoms with van der Waals surface area (Å²) in [6.07, 6.45) is 3.07. The lowest BCUT2D eigenvalue weighted by atomic mass is 10.0. The fourth-order valence-electron chi connectivity index (χ4n) is 2.72. The number of likely N-dealkylation sites (tertiary alicyclic amines) is 1. The minimum atomic E-state index is 0. The fourth-order valence-corrected chi connectivity index (χ4v) is 2.72. The van der Waals surface area contributed by atoms with Crippen LogP contribution in [0, 0.1) is 0 Å². The summed E-state index contributed by atoms with van der Waals surface area (Å²) in [6, 6.07) is 9.56. The Hall–Kier alpha value is -1.59. The molecule has 0 atom stereocenters. The number of benzene rings is 1. The number of hydrogen-bond acceptors (Lipinski definition) is 3. The van der Waals surface area contributed by atoms with E-state index in [1.165, 1.54) is 0 Å². The summed E-state index contributed by atoms with van der Waals surface area (Å²) in [5.74, 6) is 0.197. The first-order valence-electron chi connectivity index (χ1n) is 7.99. The molecule has 0 unspecified atom stereocenters. The molecule has 0 saturated carbocycles. The Bertz CT molecular complexity index is 488. The standard InChI is InChI=1S/C17H25N3O2.ClH/c1-18-11-5-8-16(21)19-15-9-12-20(13-10-15)17(22)14-6-3-2-4-7-14;/h2-4,6-7,15,18H,5,8-13H2,1H3,(H,19,21);1H. The van der Waals surface area contributed by atoms with Crippen molar-refractivity contribution in [2.75, 3.05) is 26.7 Å². The molecule has 23 heavy (non-hydrogen) atoms. The van der Waals surface area contributed by atoms with Crippen LogP contribution in [0.15, 0.2) is 30.3 Å². The van der Waals surface area contributed by atoms with Crippen LogP contribution < -0.4 is 10.6 Å². The molecule has 1 aliphatic heterocycles. The minimum Gasteiger partial charge on any atom is -0.353 e. The molecular weight excluding hydrogens is 314 g/mol. The van der Waals surface area contributed by atoms with Crippen LogP contribution in [0.4, 0.5) is 0 Å². The van der Waals surface area contributed by atoms with Crippen LogP contribution in [0.2, 0.25) is 0 Å². The number of rotatable bonds is 6. The van der Waals surface area contributed by atoms with Gasteiger partial charge in [0.05, 0.1) is 0 Å². The van der Waals surface area contributed by atoms with Gasteiger partial charge >= 0.3 is 0 Å². The zero-order valence-electron chi connectivity index (χ0n) is 13.6. The maximum absolute atomic E-state index is 12.3. The van der Waals surface area contributed by atoms with E-state index >= 15 is 0 Å². The molecule has 1 saturated heterocycles. The summed E-state index contributed by atoms with van der Waals surface area (Å²) in [5, 5.41) is 6.11. The zero-order chi connectivity index (χ0) is 15.8. The van der Waals surface area contributed by atoms with Crippen molar-refractivity contribution in [3.63, 3.8) is 0 Å². The highest BCUT2D eigenvalue weighted by molar-refractivity contribution is 5.94. The molecule has 1 aliphatic rings. The van der Waals surface area contributed by atoms with Gasteiger partial charge in [-0.1, -0.05) is 18.2 Å². The maximum Gasteiger partial charge on any atom is 0.253 e. The predicted molar refractivity (Wildman–Crippen MR) is 93.9 cm³/mol. The summed E-state index contributed by atoms with van der Waals surface area (Å²) in [4.78, 5) is 26.0. The average Bonchev–Trinajstić information content (AvgIpc) is 2.56. The maximum atomic E-state index is 12.3. The molecule has 6 heteroatoms. The third-order valence-corrected chi connectivity index (χ3v) is 4.00. The number of carbonyl (C=O) groups excluding carboxylic acids is 2. The van der Waals surface area contributed by atoms with E-state index in [-0.39, 0.29) is 30.3 Å². The SMILES string of the molecule is CNCCCC(=O)NC1CCN(C(=O)c2ccccc2)CC1.Cl. The average molecular weight is 340 g/mol. The highest BCUT2D eigenvalue weighted by Gasteiger charge is 2.24. The molecule has 0 bridgehead atoms. The van der Waals surface area contributed by atoms with E-state index in [9.17, 15) is 9.59 Å². The van der Waals surface area contributed by atoms with Crippen molar-refractivity contribution in [1.29, 1.82) is 0 Å². The molecule has 5 nitrogen and oxygen atoms in total. The van der Waals surface area contributed by atoms with Crippen LogP contribution in [0.25, 0.3) is 0 Å². The smallest absolute Gasteiger partial charge is 0.253 e. The first-order chi connectivity index (χ1) is 10.7. The second-order valence-corrected chi connectivity index (χ2v) is 5.71. The lowest BCUT2D eigenvalue weighted by Crippen LogP contribution is -2.46. The molecule has 128 valence electrons. The van der Waals surface area contributed by atoms with Crippen molar-refractivity contribution in [1.82, 2.24) is 15.5 Å². The molecule has 2 amide bonds. The van der Waals surface area contributed by atoms with Crippen LogP contribution in [0.3, 0.4) is 0 Å². The quantitative estimate of drug-likeness (QED) is 0.777. The Balaban J connectivity index is 0.00000264. The molecule has 1 fully saturated rings. The summed E-state index contributed by atoms with van der Waals surface area (Å²) < 4.78 is 0. The van der Waals surface area contributed by atoms with Gasteiger partial charge < -0.3 is 15.5 Å². The molecule has 1 heterocycles. The highest BCUT2D eigenvalue weighted by Crippen LogP contribution is 2.14. The second kappa shape index (κ2) is 10.2. The number of carbonyl (C=O) groups is 2. The molecule has 1 aromatic carbocycles. The van der Waals surface area contributed by atoms with Gasteiger partial charge in [-0.3, -0.25) is 9.59 Å². The number of nitrogens with one attached hydrogen (secondary N) is 2. The fraction of sp³-hybridized carbons (Fsp3) is 0.529. The number of halogens is 1. The highest BCUT2D eigenvalue weighted by atomic mass is 35.5. The molecule has 0 radical (unpaired) electrons. The van der Waals surface area contributed by atoms with Gasteiger partial charge in [-0.05, 0) is 45.0 Å². The second-order valence-electron chi connectivity index (χ2n) is 5.71. The largest absolute Gasteiger partial charge is 0.353 e. The van der Waals surface area contributed by atoms with E-state index in [4.69, 9.17) is 0 Å². The number of hydrogen-bond donors (Lipinski definition) is 2. The van der Waals surface area contributed by atoms with Crippen molar-refractivity contribution in [2.24, 2.45) is 0 Å². The van der Waals surface area contributed by atoms with Gasteiger partial charge in [0.1, 0.15) is 0 Å². The van der Waals surface area contributed by atoms with E-state index in [2.05, 4.69) is 10.6 Å². The number of nitrogens with zero attached hydrogens (tertiary/aromatic N) is 1. The molecule has 2 rings (SSSR count). The Morgan fingerprint density at radius 2 is 1.83 bits per heavy atom. The van der Waals surface area contributed by atoms with Crippen molar-refractivity contribution in [2.45, 2.75) is 31.7 Å². The lowest BCUT2D eigenvalue weighted by molar-refractivity contribution is -0.122. The van der Waals surface area contributed by atoms with E-state index < -0.39 is 0 Å². The molecule has 0 aromatic heterocycles. The monoisotopic (exact) mass is 339 g/mol. The molecule has 0 aliphatic carbocycles. The number of amides is 2. The topological polar surface area (TPSA) is 61.4 Å². The van der Waals surface area contributed by atoms with Crippen molar-refractivity contribution in [3.8, 4) is 0 Å². The summed E-state index contributed by atoms with van der Waals surface area (Å²) in [6.45, 7) is 2.27. The van der Waals surface area contributed by atoms with Gasteiger partial charge in [-0.25, -0.2) is 0 Å². The Kier molecular flexibility index (Phi) is 8.66. The summed E-state index contributed by atoms with van der Waals surface area (Å²) in [5.41, 5.74) is 0.733. The van der Waals surface area contributed by atoms with Crippen LogP contribution in [0.1, 0.15) is 36.0 Å². The van der Waals surface area contributed by atoms with E-state index in [0.717, 1.165) is 31.4 Å². The van der Waals surface area contributed by atoms with Crippen LogP contribution >= 0.6 is 12.4 Å². The third-order valence-electron chi connectivity index (χ3n) is 4.00. The Morgan fingerprint density at radius 1 is 1.17 bits per heavy atom. The summed E-state index contributed by atoms with van der Waals surface area (Å²) in [7, 11) is 1.89. The Morgan fingerprint density at radius 3 is 2.43 bits per heavy atom. The van der Waals surface area contributed by atoms with Crippen molar-refractivity contribution >= 4 is 24.2 Å². The van der Waals surface area contributed by atoms with Gasteiger partial charge in [-0.15, -0.1) is 12.4 Å². The first-order valence-corrected chi connectivity index (χ1v) is 7.99. The molecule has 1 aromatic rings. The van der Waals surface area contributed by atoms with Crippen LogP contribution in [-0.2, 0) is 4.79 Å².